The smallest absolute Gasteiger partial charge is 0.325 e. The molecule has 10 heteroatoms. The summed E-state index contributed by atoms with van der Waals surface area (Å²) in [5, 5.41) is 7.53. The van der Waals surface area contributed by atoms with Crippen LogP contribution in [0.4, 0.5) is 14.3 Å². The summed E-state index contributed by atoms with van der Waals surface area (Å²) in [4.78, 5) is 42.9. The summed E-state index contributed by atoms with van der Waals surface area (Å²) < 4.78 is 18.6. The molecular formula is C20H21FN4O4S. The van der Waals surface area contributed by atoms with Gasteiger partial charge in [0, 0.05) is 18.6 Å². The van der Waals surface area contributed by atoms with Gasteiger partial charge in [-0.15, -0.1) is 11.3 Å². The molecule has 2 saturated heterocycles. The number of rotatable bonds is 6. The molecule has 158 valence electrons. The Morgan fingerprint density at radius 1 is 1.40 bits per heavy atom. The standard InChI is InChI=1S/C20H21FN4O4S/c1-20(13-2-4-14(21)5-3-13)17(27)25(19(28)24-20)9-16(26)23-18-22-15(11-30-18)8-12-6-7-29-10-12/h2-5,11-12H,6-10H2,1H3,(H,24,28)(H,22,23,26). The van der Waals surface area contributed by atoms with Crippen LogP contribution in [0.3, 0.4) is 0 Å². The zero-order valence-corrected chi connectivity index (χ0v) is 17.1. The van der Waals surface area contributed by atoms with Gasteiger partial charge >= 0.3 is 6.03 Å². The van der Waals surface area contributed by atoms with E-state index in [4.69, 9.17) is 4.74 Å². The van der Waals surface area contributed by atoms with E-state index in [9.17, 15) is 18.8 Å². The number of imide groups is 1. The molecule has 30 heavy (non-hydrogen) atoms. The average molecular weight is 432 g/mol. The second kappa shape index (κ2) is 8.11. The lowest BCUT2D eigenvalue weighted by atomic mass is 9.92. The van der Waals surface area contributed by atoms with Crippen LogP contribution in [-0.4, -0.2) is 47.5 Å². The maximum Gasteiger partial charge on any atom is 0.325 e. The number of carbonyl (C=O) groups is 3. The van der Waals surface area contributed by atoms with Gasteiger partial charge in [-0.1, -0.05) is 12.1 Å². The minimum absolute atomic E-state index is 0.419. The van der Waals surface area contributed by atoms with Crippen molar-refractivity contribution in [2.75, 3.05) is 25.1 Å². The number of benzene rings is 1. The summed E-state index contributed by atoms with van der Waals surface area (Å²) in [6.07, 6.45) is 1.79. The maximum absolute atomic E-state index is 13.2. The van der Waals surface area contributed by atoms with Crippen molar-refractivity contribution in [2.24, 2.45) is 5.92 Å². The van der Waals surface area contributed by atoms with Crippen LogP contribution in [-0.2, 0) is 26.3 Å². The number of halogens is 1. The number of carbonyl (C=O) groups excluding carboxylic acids is 3. The molecule has 0 saturated carbocycles. The molecular weight excluding hydrogens is 411 g/mol. The van der Waals surface area contributed by atoms with E-state index in [0.29, 0.717) is 16.6 Å². The molecule has 2 fully saturated rings. The van der Waals surface area contributed by atoms with E-state index in [-0.39, 0.29) is 0 Å². The predicted octanol–water partition coefficient (Wildman–Crippen LogP) is 2.27. The van der Waals surface area contributed by atoms with Gasteiger partial charge in [-0.2, -0.15) is 0 Å². The van der Waals surface area contributed by atoms with Gasteiger partial charge in [0.05, 0.1) is 5.69 Å². The van der Waals surface area contributed by atoms with E-state index in [1.807, 2.05) is 5.38 Å². The second-order valence-corrected chi connectivity index (χ2v) is 8.44. The minimum atomic E-state index is -1.36. The Kier molecular flexibility index (Phi) is 5.52. The van der Waals surface area contributed by atoms with Crippen LogP contribution in [0.5, 0.6) is 0 Å². The Labute approximate surface area is 176 Å². The molecule has 2 atom stereocenters. The second-order valence-electron chi connectivity index (χ2n) is 7.58. The van der Waals surface area contributed by atoms with Crippen LogP contribution in [0.2, 0.25) is 0 Å². The zero-order valence-electron chi connectivity index (χ0n) is 16.3. The highest BCUT2D eigenvalue weighted by atomic mass is 32.1. The lowest BCUT2D eigenvalue weighted by molar-refractivity contribution is -0.133. The number of ether oxygens (including phenoxy) is 1. The maximum atomic E-state index is 13.2. The van der Waals surface area contributed by atoms with Crippen molar-refractivity contribution in [3.05, 3.63) is 46.7 Å². The number of nitrogens with one attached hydrogen (secondary N) is 2. The van der Waals surface area contributed by atoms with Crippen molar-refractivity contribution in [2.45, 2.75) is 25.3 Å². The van der Waals surface area contributed by atoms with E-state index >= 15 is 0 Å². The molecule has 8 nitrogen and oxygen atoms in total. The van der Waals surface area contributed by atoms with Crippen LogP contribution in [0.1, 0.15) is 24.6 Å². The quantitative estimate of drug-likeness (QED) is 0.682. The lowest BCUT2D eigenvalue weighted by Crippen LogP contribution is -2.42. The SMILES string of the molecule is CC1(c2ccc(F)cc2)NC(=O)N(CC(=O)Nc2nc(CC3CCOC3)cs2)C1=O. The van der Waals surface area contributed by atoms with Crippen molar-refractivity contribution in [3.63, 3.8) is 0 Å². The Morgan fingerprint density at radius 3 is 2.87 bits per heavy atom. The predicted molar refractivity (Wildman–Crippen MR) is 107 cm³/mol. The average Bonchev–Trinajstić information content (AvgIpc) is 3.42. The van der Waals surface area contributed by atoms with E-state index in [2.05, 4.69) is 15.6 Å². The summed E-state index contributed by atoms with van der Waals surface area (Å²) in [6, 6.07) is 4.62. The van der Waals surface area contributed by atoms with E-state index in [1.165, 1.54) is 42.5 Å². The fourth-order valence-corrected chi connectivity index (χ4v) is 4.36. The van der Waals surface area contributed by atoms with Gasteiger partial charge in [-0.25, -0.2) is 14.2 Å². The zero-order chi connectivity index (χ0) is 21.3. The molecule has 2 unspecified atom stereocenters. The molecule has 0 aliphatic carbocycles. The van der Waals surface area contributed by atoms with E-state index < -0.39 is 35.7 Å². The summed E-state index contributed by atoms with van der Waals surface area (Å²) in [5.74, 6) is -1.10. The first-order chi connectivity index (χ1) is 14.3. The van der Waals surface area contributed by atoms with E-state index in [1.54, 1.807) is 0 Å². The summed E-state index contributed by atoms with van der Waals surface area (Å²) in [6.45, 7) is 2.57. The molecule has 2 aliphatic rings. The largest absolute Gasteiger partial charge is 0.381 e. The molecule has 0 radical (unpaired) electrons. The minimum Gasteiger partial charge on any atom is -0.381 e. The fourth-order valence-electron chi connectivity index (χ4n) is 3.62. The number of nitrogens with zero attached hydrogens (tertiary/aromatic N) is 2. The first-order valence-electron chi connectivity index (χ1n) is 9.57. The molecule has 2 aliphatic heterocycles. The highest BCUT2D eigenvalue weighted by molar-refractivity contribution is 7.13. The van der Waals surface area contributed by atoms with E-state index in [0.717, 1.165) is 36.6 Å². The van der Waals surface area contributed by atoms with Gasteiger partial charge in [0.2, 0.25) is 5.91 Å². The third-order valence-electron chi connectivity index (χ3n) is 5.32. The highest BCUT2D eigenvalue weighted by Crippen LogP contribution is 2.29. The van der Waals surface area contributed by atoms with Crippen LogP contribution >= 0.6 is 11.3 Å². The molecule has 0 bridgehead atoms. The van der Waals surface area contributed by atoms with Gasteiger partial charge < -0.3 is 15.4 Å². The van der Waals surface area contributed by atoms with Crippen molar-refractivity contribution < 1.29 is 23.5 Å². The highest BCUT2D eigenvalue weighted by Gasteiger charge is 2.49. The van der Waals surface area contributed by atoms with Crippen molar-refractivity contribution in [1.29, 1.82) is 0 Å². The van der Waals surface area contributed by atoms with Crippen LogP contribution in [0.25, 0.3) is 0 Å². The number of urea groups is 1. The molecule has 1 aromatic heterocycles. The third-order valence-corrected chi connectivity index (χ3v) is 6.12. The summed E-state index contributed by atoms with van der Waals surface area (Å²) in [5.41, 5.74) is -0.0433. The van der Waals surface area contributed by atoms with Gasteiger partial charge in [-0.3, -0.25) is 14.5 Å². The monoisotopic (exact) mass is 432 g/mol. The van der Waals surface area contributed by atoms with Crippen molar-refractivity contribution in [1.82, 2.24) is 15.2 Å². The Bertz CT molecular complexity index is 973. The summed E-state index contributed by atoms with van der Waals surface area (Å²) >= 11 is 1.30. The third kappa shape index (κ3) is 4.05. The lowest BCUT2D eigenvalue weighted by Gasteiger charge is -2.22. The first-order valence-corrected chi connectivity index (χ1v) is 10.5. The number of amides is 4. The molecule has 0 spiro atoms. The Hall–Kier alpha value is -2.85. The molecule has 2 N–H and O–H groups in total. The van der Waals surface area contributed by atoms with Crippen LogP contribution in [0, 0.1) is 11.7 Å². The molecule has 2 aromatic rings. The molecule has 4 rings (SSSR count). The summed E-state index contributed by atoms with van der Waals surface area (Å²) in [7, 11) is 0. The van der Waals surface area contributed by atoms with Crippen molar-refractivity contribution in [3.8, 4) is 0 Å². The fraction of sp³-hybridized carbons (Fsp3) is 0.400. The van der Waals surface area contributed by atoms with Gasteiger partial charge in [0.15, 0.2) is 5.13 Å². The number of aromatic nitrogens is 1. The molecule has 4 amide bonds. The van der Waals surface area contributed by atoms with Gasteiger partial charge in [0.1, 0.15) is 17.9 Å². The van der Waals surface area contributed by atoms with Crippen LogP contribution < -0.4 is 10.6 Å². The Morgan fingerprint density at radius 2 is 2.17 bits per heavy atom. The van der Waals surface area contributed by atoms with Crippen LogP contribution in [0.15, 0.2) is 29.6 Å². The number of hydrogen-bond donors (Lipinski definition) is 2. The number of thiazole rings is 1. The van der Waals surface area contributed by atoms with Crippen molar-refractivity contribution >= 4 is 34.3 Å². The topological polar surface area (TPSA) is 101 Å². The Balaban J connectivity index is 1.38. The number of anilines is 1. The number of hydrogen-bond acceptors (Lipinski definition) is 6. The van der Waals surface area contributed by atoms with Gasteiger partial charge in [-0.05, 0) is 43.4 Å². The molecule has 3 heterocycles. The normalized spacial score (nSPS) is 23.7. The van der Waals surface area contributed by atoms with Gasteiger partial charge in [0.25, 0.3) is 5.91 Å². The first kappa shape index (κ1) is 20.4. The molecule has 1 aromatic carbocycles.